The van der Waals surface area contributed by atoms with Gasteiger partial charge in [-0.3, -0.25) is 4.90 Å². The van der Waals surface area contributed by atoms with Gasteiger partial charge in [0.25, 0.3) is 0 Å². The molecule has 0 aliphatic carbocycles. The van der Waals surface area contributed by atoms with E-state index in [-0.39, 0.29) is 18.4 Å². The van der Waals surface area contributed by atoms with Crippen molar-refractivity contribution >= 4 is 18.1 Å². The van der Waals surface area contributed by atoms with E-state index in [2.05, 4.69) is 76.3 Å². The van der Waals surface area contributed by atoms with Crippen LogP contribution < -0.4 is 4.90 Å². The van der Waals surface area contributed by atoms with Gasteiger partial charge in [0, 0.05) is 37.4 Å². The van der Waals surface area contributed by atoms with Crippen molar-refractivity contribution in [1.82, 2.24) is 15.1 Å². The summed E-state index contributed by atoms with van der Waals surface area (Å²) in [6, 6.07) is 27.1. The number of hydrogen-bond donors (Lipinski definition) is 0. The summed E-state index contributed by atoms with van der Waals surface area (Å²) in [7, 11) is 0. The van der Waals surface area contributed by atoms with Gasteiger partial charge in [0.2, 0.25) is 11.8 Å². The summed E-state index contributed by atoms with van der Waals surface area (Å²) in [5.41, 5.74) is 6.08. The molecule has 0 saturated carbocycles. The predicted octanol–water partition coefficient (Wildman–Crippen LogP) is 5.69. The van der Waals surface area contributed by atoms with Crippen LogP contribution in [0.2, 0.25) is 0 Å². The molecule has 3 aromatic carbocycles. The Labute approximate surface area is 201 Å². The number of anilines is 1. The Bertz CT molecular complexity index is 1170. The van der Waals surface area contributed by atoms with E-state index in [1.165, 1.54) is 22.4 Å². The van der Waals surface area contributed by atoms with Gasteiger partial charge in [0.15, 0.2) is 0 Å². The second kappa shape index (κ2) is 10.2. The predicted molar refractivity (Wildman–Crippen MR) is 135 cm³/mol. The number of aromatic nitrogens is 2. The molecule has 1 aliphatic heterocycles. The number of halogens is 1. The highest BCUT2D eigenvalue weighted by atomic mass is 35.5. The molecular formula is C27H29ClN4O. The number of rotatable bonds is 5. The quantitative estimate of drug-likeness (QED) is 0.383. The molecule has 170 valence electrons. The third-order valence-corrected chi connectivity index (χ3v) is 6.20. The van der Waals surface area contributed by atoms with Crippen LogP contribution in [0.4, 0.5) is 5.69 Å². The molecule has 0 N–H and O–H groups in total. The fourth-order valence-corrected chi connectivity index (χ4v) is 4.47. The zero-order valence-corrected chi connectivity index (χ0v) is 19.8. The summed E-state index contributed by atoms with van der Waals surface area (Å²) >= 11 is 0. The van der Waals surface area contributed by atoms with Crippen molar-refractivity contribution in [2.45, 2.75) is 19.9 Å². The fraction of sp³-hybridized carbons (Fsp3) is 0.259. The Morgan fingerprint density at radius 2 is 1.45 bits per heavy atom. The first-order chi connectivity index (χ1) is 15.7. The van der Waals surface area contributed by atoms with Crippen LogP contribution in [0.3, 0.4) is 0 Å². The molecule has 0 radical (unpaired) electrons. The zero-order valence-electron chi connectivity index (χ0n) is 19.0. The highest BCUT2D eigenvalue weighted by molar-refractivity contribution is 5.85. The maximum atomic E-state index is 6.21. The lowest BCUT2D eigenvalue weighted by molar-refractivity contribution is 0.188. The summed E-state index contributed by atoms with van der Waals surface area (Å²) in [5.74, 6) is 1.21. The van der Waals surface area contributed by atoms with Crippen LogP contribution in [0.1, 0.15) is 28.6 Å². The summed E-state index contributed by atoms with van der Waals surface area (Å²) in [5, 5.41) is 8.83. The molecule has 0 bridgehead atoms. The van der Waals surface area contributed by atoms with Crippen molar-refractivity contribution in [3.63, 3.8) is 0 Å². The molecule has 0 amide bonds. The number of piperazine rings is 1. The van der Waals surface area contributed by atoms with E-state index in [1.807, 2.05) is 36.4 Å². The van der Waals surface area contributed by atoms with Crippen molar-refractivity contribution in [3.05, 3.63) is 101 Å². The largest absolute Gasteiger partial charge is 0.419 e. The Kier molecular flexibility index (Phi) is 7.11. The van der Waals surface area contributed by atoms with Crippen molar-refractivity contribution in [3.8, 4) is 11.5 Å². The van der Waals surface area contributed by atoms with Gasteiger partial charge in [-0.2, -0.15) is 0 Å². The molecular weight excluding hydrogens is 432 g/mol. The summed E-state index contributed by atoms with van der Waals surface area (Å²) in [6.07, 6.45) is 0. The van der Waals surface area contributed by atoms with Gasteiger partial charge >= 0.3 is 0 Å². The first-order valence-corrected chi connectivity index (χ1v) is 11.2. The first kappa shape index (κ1) is 23.0. The van der Waals surface area contributed by atoms with E-state index >= 15 is 0 Å². The second-order valence-corrected chi connectivity index (χ2v) is 8.44. The van der Waals surface area contributed by atoms with E-state index in [9.17, 15) is 0 Å². The van der Waals surface area contributed by atoms with E-state index < -0.39 is 0 Å². The minimum Gasteiger partial charge on any atom is -0.419 e. The van der Waals surface area contributed by atoms with E-state index in [0.29, 0.717) is 11.8 Å². The molecule has 2 heterocycles. The second-order valence-electron chi connectivity index (χ2n) is 8.44. The van der Waals surface area contributed by atoms with Gasteiger partial charge in [0.1, 0.15) is 6.04 Å². The molecule has 6 heteroatoms. The zero-order chi connectivity index (χ0) is 21.9. The fourth-order valence-electron chi connectivity index (χ4n) is 4.47. The number of benzene rings is 3. The topological polar surface area (TPSA) is 45.4 Å². The van der Waals surface area contributed by atoms with Gasteiger partial charge in [-0.15, -0.1) is 22.6 Å². The third-order valence-electron chi connectivity index (χ3n) is 6.20. The highest BCUT2D eigenvalue weighted by Crippen LogP contribution is 2.32. The monoisotopic (exact) mass is 460 g/mol. The van der Waals surface area contributed by atoms with Gasteiger partial charge in [-0.25, -0.2) is 0 Å². The maximum Gasteiger partial charge on any atom is 0.247 e. The summed E-state index contributed by atoms with van der Waals surface area (Å²) in [4.78, 5) is 4.95. The smallest absolute Gasteiger partial charge is 0.247 e. The molecule has 1 fully saturated rings. The molecule has 1 saturated heterocycles. The van der Waals surface area contributed by atoms with E-state index in [4.69, 9.17) is 4.42 Å². The lowest BCUT2D eigenvalue weighted by Gasteiger charge is -2.39. The average molecular weight is 461 g/mol. The van der Waals surface area contributed by atoms with E-state index in [0.717, 1.165) is 31.7 Å². The van der Waals surface area contributed by atoms with Gasteiger partial charge in [0.05, 0.1) is 0 Å². The Morgan fingerprint density at radius 1 is 0.788 bits per heavy atom. The molecule has 1 unspecified atom stereocenters. The van der Waals surface area contributed by atoms with E-state index in [1.54, 1.807) is 0 Å². The molecule has 0 spiro atoms. The average Bonchev–Trinajstić information content (AvgIpc) is 3.32. The maximum absolute atomic E-state index is 6.21. The SMILES string of the molecule is Cc1ccc(C)c(N2CCN(C(c3ccccc3)c3nnc(-c4ccccc4)o3)CC2)c1.Cl. The van der Waals surface area contributed by atoms with Crippen molar-refractivity contribution in [2.24, 2.45) is 0 Å². The normalized spacial score (nSPS) is 15.2. The van der Waals surface area contributed by atoms with Crippen molar-refractivity contribution in [1.29, 1.82) is 0 Å². The molecule has 5 rings (SSSR count). The van der Waals surface area contributed by atoms with Gasteiger partial charge in [-0.1, -0.05) is 60.7 Å². The molecule has 1 aliphatic rings. The van der Waals surface area contributed by atoms with Crippen LogP contribution in [-0.4, -0.2) is 41.3 Å². The molecule has 4 aromatic rings. The minimum absolute atomic E-state index is 0. The van der Waals surface area contributed by atoms with Crippen molar-refractivity contribution in [2.75, 3.05) is 31.1 Å². The van der Waals surface area contributed by atoms with Crippen LogP contribution in [-0.2, 0) is 0 Å². The summed E-state index contributed by atoms with van der Waals surface area (Å²) in [6.45, 7) is 8.13. The Balaban J connectivity index is 0.00000259. The molecule has 33 heavy (non-hydrogen) atoms. The Morgan fingerprint density at radius 3 is 2.15 bits per heavy atom. The molecule has 1 atom stereocenters. The number of aryl methyl sites for hydroxylation is 2. The first-order valence-electron chi connectivity index (χ1n) is 11.2. The van der Waals surface area contributed by atoms with Crippen LogP contribution >= 0.6 is 12.4 Å². The summed E-state index contributed by atoms with van der Waals surface area (Å²) < 4.78 is 6.21. The molecule has 1 aromatic heterocycles. The lowest BCUT2D eigenvalue weighted by atomic mass is 10.0. The third kappa shape index (κ3) is 4.95. The standard InChI is InChI=1S/C27H28N4O.ClH/c1-20-13-14-21(2)24(19-20)30-15-17-31(18-16-30)25(22-9-5-3-6-10-22)27-29-28-26(32-27)23-11-7-4-8-12-23;/h3-14,19,25H,15-18H2,1-2H3;1H. The van der Waals surface area contributed by atoms with Gasteiger partial charge < -0.3 is 9.32 Å². The number of nitrogens with zero attached hydrogens (tertiary/aromatic N) is 4. The lowest BCUT2D eigenvalue weighted by Crippen LogP contribution is -2.48. The Hall–Kier alpha value is -3.15. The van der Waals surface area contributed by atoms with Gasteiger partial charge in [-0.05, 0) is 48.7 Å². The highest BCUT2D eigenvalue weighted by Gasteiger charge is 2.31. The minimum atomic E-state index is -0.0538. The van der Waals surface area contributed by atoms with Crippen LogP contribution in [0.5, 0.6) is 0 Å². The molecule has 5 nitrogen and oxygen atoms in total. The number of hydrogen-bond acceptors (Lipinski definition) is 5. The van der Waals surface area contributed by atoms with Crippen LogP contribution in [0.25, 0.3) is 11.5 Å². The van der Waals surface area contributed by atoms with Crippen LogP contribution in [0, 0.1) is 13.8 Å². The van der Waals surface area contributed by atoms with Crippen LogP contribution in [0.15, 0.2) is 83.3 Å². The van der Waals surface area contributed by atoms with Crippen molar-refractivity contribution < 1.29 is 4.42 Å².